The lowest BCUT2D eigenvalue weighted by molar-refractivity contribution is 1.31. The van der Waals surface area contributed by atoms with E-state index in [0.29, 0.717) is 0 Å². The van der Waals surface area contributed by atoms with Gasteiger partial charge in [0.2, 0.25) is 0 Å². The highest BCUT2D eigenvalue weighted by Gasteiger charge is 2.22. The largest absolute Gasteiger partial charge is 0.310 e. The van der Waals surface area contributed by atoms with Gasteiger partial charge in [0.25, 0.3) is 0 Å². The molecule has 0 bridgehead atoms. The zero-order valence-electron chi connectivity index (χ0n) is 29.3. The molecule has 0 aliphatic rings. The van der Waals surface area contributed by atoms with Crippen LogP contribution in [0.1, 0.15) is 0 Å². The molecule has 0 N–H and O–H groups in total. The van der Waals surface area contributed by atoms with Crippen LogP contribution in [0.5, 0.6) is 0 Å². The molecule has 0 radical (unpaired) electrons. The van der Waals surface area contributed by atoms with Gasteiger partial charge < -0.3 is 4.90 Å². The van der Waals surface area contributed by atoms with Crippen LogP contribution in [0.3, 0.4) is 0 Å². The molecule has 0 unspecified atom stereocenters. The summed E-state index contributed by atoms with van der Waals surface area (Å²) in [5.74, 6) is 0. The number of rotatable bonds is 4. The molecular weight excluding hydrogens is 671 g/mol. The fraction of sp³-hybridized carbons (Fsp3) is 0. The zero-order valence-corrected chi connectivity index (χ0v) is 30.1. The van der Waals surface area contributed by atoms with Crippen molar-refractivity contribution in [2.75, 3.05) is 4.90 Å². The Morgan fingerprint density at radius 2 is 0.815 bits per heavy atom. The fourth-order valence-corrected chi connectivity index (χ4v) is 10.3. The summed E-state index contributed by atoms with van der Waals surface area (Å²) in [4.78, 5) is 2.50. The number of nitrogens with zero attached hydrogens (tertiary/aromatic N) is 1. The summed E-state index contributed by atoms with van der Waals surface area (Å²) >= 11 is 1.87. The first-order valence-electron chi connectivity index (χ1n) is 18.6. The minimum Gasteiger partial charge on any atom is -0.310 e. The Bertz CT molecular complexity index is 3430. The van der Waals surface area contributed by atoms with E-state index in [0.717, 1.165) is 11.4 Å². The Kier molecular flexibility index (Phi) is 6.28. The van der Waals surface area contributed by atoms with E-state index < -0.39 is 0 Å². The van der Waals surface area contributed by atoms with Crippen LogP contribution in [-0.4, -0.2) is 0 Å². The van der Waals surface area contributed by atoms with Gasteiger partial charge in [0, 0.05) is 31.5 Å². The highest BCUT2D eigenvalue weighted by molar-refractivity contribution is 7.26. The zero-order chi connectivity index (χ0) is 35.3. The second-order valence-corrected chi connectivity index (χ2v) is 15.5. The van der Waals surface area contributed by atoms with E-state index in [4.69, 9.17) is 0 Å². The molecular formula is C52H31NS. The van der Waals surface area contributed by atoms with E-state index in [1.807, 2.05) is 11.3 Å². The van der Waals surface area contributed by atoms with Crippen molar-refractivity contribution in [3.63, 3.8) is 0 Å². The Morgan fingerprint density at radius 1 is 0.296 bits per heavy atom. The van der Waals surface area contributed by atoms with Crippen LogP contribution in [-0.2, 0) is 0 Å². The third kappa shape index (κ3) is 4.26. The highest BCUT2D eigenvalue weighted by Crippen LogP contribution is 2.49. The molecule has 0 aliphatic heterocycles. The summed E-state index contributed by atoms with van der Waals surface area (Å²) in [5, 5.41) is 18.0. The molecule has 2 heteroatoms. The molecule has 1 aromatic heterocycles. The lowest BCUT2D eigenvalue weighted by Gasteiger charge is -2.28. The van der Waals surface area contributed by atoms with Gasteiger partial charge in [-0.15, -0.1) is 11.3 Å². The Labute approximate surface area is 315 Å². The third-order valence-corrected chi connectivity index (χ3v) is 12.7. The minimum absolute atomic E-state index is 1.13. The summed E-state index contributed by atoms with van der Waals surface area (Å²) in [6.45, 7) is 0. The molecule has 250 valence electrons. The van der Waals surface area contributed by atoms with Crippen LogP contribution in [0.25, 0.3) is 95.9 Å². The maximum absolute atomic E-state index is 2.50. The van der Waals surface area contributed by atoms with Gasteiger partial charge in [-0.05, 0) is 118 Å². The Morgan fingerprint density at radius 3 is 1.50 bits per heavy atom. The lowest BCUT2D eigenvalue weighted by Crippen LogP contribution is -2.10. The van der Waals surface area contributed by atoms with E-state index >= 15 is 0 Å². The number of thiophene rings is 1. The van der Waals surface area contributed by atoms with Crippen LogP contribution < -0.4 is 4.90 Å². The summed E-state index contributed by atoms with van der Waals surface area (Å²) in [7, 11) is 0. The number of anilines is 3. The average molecular weight is 702 g/mol. The molecule has 0 amide bonds. The molecule has 11 aromatic carbocycles. The predicted molar refractivity (Wildman–Crippen MR) is 236 cm³/mol. The van der Waals surface area contributed by atoms with Crippen molar-refractivity contribution in [1.29, 1.82) is 0 Å². The fourth-order valence-electron chi connectivity index (χ4n) is 9.20. The SMILES string of the molecule is c1ccc(-c2ccc(N(c3cc4ccc5cccc6c7cccc8ccc9cccc(c(c3)c4c56)c9c87)c3cccc4sc5ccccc5c34)cc2)cc1. The van der Waals surface area contributed by atoms with Gasteiger partial charge in [0.05, 0.1) is 5.69 Å². The molecule has 12 aromatic rings. The predicted octanol–water partition coefficient (Wildman–Crippen LogP) is 15.5. The highest BCUT2D eigenvalue weighted by atomic mass is 32.1. The Hall–Kier alpha value is -6.74. The van der Waals surface area contributed by atoms with Gasteiger partial charge in [-0.3, -0.25) is 0 Å². The molecule has 1 heterocycles. The molecule has 0 aliphatic carbocycles. The average Bonchev–Trinajstić information content (AvgIpc) is 3.62. The van der Waals surface area contributed by atoms with E-state index in [-0.39, 0.29) is 0 Å². The summed E-state index contributed by atoms with van der Waals surface area (Å²) < 4.78 is 2.59. The van der Waals surface area contributed by atoms with Crippen molar-refractivity contribution in [3.8, 4) is 11.1 Å². The van der Waals surface area contributed by atoms with Gasteiger partial charge in [0.1, 0.15) is 0 Å². The summed E-state index contributed by atoms with van der Waals surface area (Å²) in [6.07, 6.45) is 0. The number of hydrogen-bond acceptors (Lipinski definition) is 2. The van der Waals surface area contributed by atoms with E-state index in [1.165, 1.54) is 102 Å². The minimum atomic E-state index is 1.13. The number of fused-ring (bicyclic) bond motifs is 5. The smallest absolute Gasteiger partial charge is 0.0554 e. The van der Waals surface area contributed by atoms with Crippen molar-refractivity contribution < 1.29 is 0 Å². The van der Waals surface area contributed by atoms with E-state index in [1.54, 1.807) is 0 Å². The molecule has 0 spiro atoms. The van der Waals surface area contributed by atoms with E-state index in [2.05, 4.69) is 193 Å². The van der Waals surface area contributed by atoms with Crippen molar-refractivity contribution in [2.45, 2.75) is 0 Å². The molecule has 12 rings (SSSR count). The van der Waals surface area contributed by atoms with Crippen LogP contribution in [0, 0.1) is 0 Å². The van der Waals surface area contributed by atoms with Crippen molar-refractivity contribution >= 4 is 113 Å². The van der Waals surface area contributed by atoms with Gasteiger partial charge in [-0.2, -0.15) is 0 Å². The monoisotopic (exact) mass is 701 g/mol. The quantitative estimate of drug-likeness (QED) is 0.165. The topological polar surface area (TPSA) is 3.24 Å². The summed E-state index contributed by atoms with van der Waals surface area (Å²) in [6, 6.07) is 70.0. The molecule has 0 atom stereocenters. The molecule has 54 heavy (non-hydrogen) atoms. The maximum atomic E-state index is 2.50. The first-order chi connectivity index (χ1) is 26.8. The maximum Gasteiger partial charge on any atom is 0.0554 e. The summed E-state index contributed by atoms with van der Waals surface area (Å²) in [5.41, 5.74) is 5.87. The van der Waals surface area contributed by atoms with Crippen molar-refractivity contribution in [1.82, 2.24) is 0 Å². The number of benzene rings is 10. The first kappa shape index (κ1) is 29.8. The standard InChI is InChI=1S/C52H31NS/c1-2-10-32(11-3-1)33-26-28-38(29-27-33)53(45-19-9-21-47-52(45)43-15-4-5-20-46(43)54-47)39-30-37-25-24-36-13-7-17-41-40-16-6-12-34-22-23-35-14-8-18-42(50(35)48(34)40)44(31-39)51(37)49(36)41/h1-31H. The van der Waals surface area contributed by atoms with Crippen LogP contribution in [0.4, 0.5) is 17.1 Å². The molecule has 0 fully saturated rings. The molecule has 0 saturated carbocycles. The van der Waals surface area contributed by atoms with E-state index in [9.17, 15) is 0 Å². The van der Waals surface area contributed by atoms with Crippen LogP contribution in [0.15, 0.2) is 188 Å². The lowest BCUT2D eigenvalue weighted by atomic mass is 9.87. The van der Waals surface area contributed by atoms with Crippen LogP contribution >= 0.6 is 11.3 Å². The van der Waals surface area contributed by atoms with Gasteiger partial charge in [0.15, 0.2) is 0 Å². The molecule has 1 nitrogen and oxygen atoms in total. The van der Waals surface area contributed by atoms with Crippen LogP contribution in [0.2, 0.25) is 0 Å². The second-order valence-electron chi connectivity index (χ2n) is 14.4. The molecule has 0 saturated heterocycles. The van der Waals surface area contributed by atoms with Crippen molar-refractivity contribution in [3.05, 3.63) is 188 Å². The second kappa shape index (κ2) is 11.4. The van der Waals surface area contributed by atoms with Crippen molar-refractivity contribution in [2.24, 2.45) is 0 Å². The third-order valence-electron chi connectivity index (χ3n) is 11.5. The number of hydrogen-bond donors (Lipinski definition) is 0. The Balaban J connectivity index is 1.24. The first-order valence-corrected chi connectivity index (χ1v) is 19.4. The van der Waals surface area contributed by atoms with Gasteiger partial charge in [-0.25, -0.2) is 0 Å². The van der Waals surface area contributed by atoms with Gasteiger partial charge >= 0.3 is 0 Å². The normalized spacial score (nSPS) is 12.1. The van der Waals surface area contributed by atoms with Gasteiger partial charge in [-0.1, -0.05) is 146 Å².